The minimum absolute atomic E-state index is 0.155. The van der Waals surface area contributed by atoms with Gasteiger partial charge in [-0.25, -0.2) is 5.43 Å². The van der Waals surface area contributed by atoms with E-state index in [-0.39, 0.29) is 23.9 Å². The Hall–Kier alpha value is -4.84. The van der Waals surface area contributed by atoms with Gasteiger partial charge in [0.1, 0.15) is 5.75 Å². The van der Waals surface area contributed by atoms with Gasteiger partial charge < -0.3 is 18.9 Å². The lowest BCUT2D eigenvalue weighted by atomic mass is 10.0. The van der Waals surface area contributed by atoms with E-state index in [1.54, 1.807) is 36.4 Å². The third-order valence-electron chi connectivity index (χ3n) is 4.70. The molecule has 0 heterocycles. The van der Waals surface area contributed by atoms with E-state index in [4.69, 9.17) is 24.2 Å². The Bertz CT molecular complexity index is 1240. The van der Waals surface area contributed by atoms with Crippen molar-refractivity contribution < 1.29 is 28.5 Å². The molecule has 0 atom stereocenters. The van der Waals surface area contributed by atoms with Gasteiger partial charge in [0, 0.05) is 12.5 Å². The molecule has 35 heavy (non-hydrogen) atoms. The van der Waals surface area contributed by atoms with Crippen LogP contribution in [0.5, 0.6) is 23.0 Å². The van der Waals surface area contributed by atoms with Crippen LogP contribution in [0, 0.1) is 11.3 Å². The molecule has 0 radical (unpaired) electrons. The summed E-state index contributed by atoms with van der Waals surface area (Å²) in [6.07, 6.45) is 1.40. The van der Waals surface area contributed by atoms with Crippen molar-refractivity contribution in [3.8, 4) is 40.2 Å². The standard InChI is InChI=1S/C26H23N3O6/c1-17(30)35-26-23(32-2)12-19(13-24(26)33-3)15-28-29-25(31)16-34-22-10-8-21(9-11-22)20-6-4-18(14-27)5-7-20/h4-13,15H,16H2,1-3H3,(H,29,31)/b28-15+. The van der Waals surface area contributed by atoms with Crippen LogP contribution < -0.4 is 24.4 Å². The molecule has 0 aliphatic rings. The molecule has 1 N–H and O–H groups in total. The molecule has 3 rings (SSSR count). The molecule has 9 nitrogen and oxygen atoms in total. The molecule has 0 aromatic heterocycles. The Morgan fingerprint density at radius 3 is 2.06 bits per heavy atom. The average molecular weight is 473 g/mol. The summed E-state index contributed by atoms with van der Waals surface area (Å²) in [5.41, 5.74) is 5.46. The van der Waals surface area contributed by atoms with E-state index in [0.29, 0.717) is 16.9 Å². The highest BCUT2D eigenvalue weighted by Gasteiger charge is 2.15. The molecule has 0 fully saturated rings. The van der Waals surface area contributed by atoms with Gasteiger partial charge in [-0.15, -0.1) is 0 Å². The highest BCUT2D eigenvalue weighted by atomic mass is 16.6. The molecular weight excluding hydrogens is 450 g/mol. The van der Waals surface area contributed by atoms with E-state index in [9.17, 15) is 9.59 Å². The number of methoxy groups -OCH3 is 2. The number of hydrogen-bond acceptors (Lipinski definition) is 8. The number of rotatable bonds is 9. The average Bonchev–Trinajstić information content (AvgIpc) is 2.88. The molecule has 9 heteroatoms. The second-order valence-electron chi connectivity index (χ2n) is 7.14. The predicted octanol–water partition coefficient (Wildman–Crippen LogP) is 3.70. The van der Waals surface area contributed by atoms with Crippen molar-refractivity contribution in [2.75, 3.05) is 20.8 Å². The first-order valence-electron chi connectivity index (χ1n) is 10.4. The smallest absolute Gasteiger partial charge is 0.308 e. The zero-order chi connectivity index (χ0) is 25.2. The molecule has 0 saturated heterocycles. The number of amides is 1. The predicted molar refractivity (Wildman–Crippen MR) is 129 cm³/mol. The van der Waals surface area contributed by atoms with Gasteiger partial charge in [0.05, 0.1) is 32.1 Å². The summed E-state index contributed by atoms with van der Waals surface area (Å²) in [6, 6.07) is 19.8. The second-order valence-corrected chi connectivity index (χ2v) is 7.14. The van der Waals surface area contributed by atoms with E-state index in [1.807, 2.05) is 24.3 Å². The fourth-order valence-electron chi connectivity index (χ4n) is 3.06. The maximum atomic E-state index is 12.1. The van der Waals surface area contributed by atoms with E-state index in [0.717, 1.165) is 11.1 Å². The van der Waals surface area contributed by atoms with E-state index in [1.165, 1.54) is 27.4 Å². The number of esters is 1. The van der Waals surface area contributed by atoms with E-state index in [2.05, 4.69) is 16.6 Å². The van der Waals surface area contributed by atoms with Crippen LogP contribution in [0.1, 0.15) is 18.1 Å². The van der Waals surface area contributed by atoms with E-state index < -0.39 is 11.9 Å². The van der Waals surface area contributed by atoms with Crippen LogP contribution in [-0.2, 0) is 9.59 Å². The quantitative estimate of drug-likeness (QED) is 0.218. The minimum atomic E-state index is -0.515. The lowest BCUT2D eigenvalue weighted by Gasteiger charge is -2.13. The fourth-order valence-corrected chi connectivity index (χ4v) is 3.06. The van der Waals surface area contributed by atoms with E-state index >= 15 is 0 Å². The number of benzene rings is 3. The zero-order valence-electron chi connectivity index (χ0n) is 19.4. The molecule has 0 unspecified atom stereocenters. The number of nitrogens with one attached hydrogen (secondary N) is 1. The first-order chi connectivity index (χ1) is 16.9. The molecule has 0 aliphatic carbocycles. The topological polar surface area (TPSA) is 119 Å². The lowest BCUT2D eigenvalue weighted by Crippen LogP contribution is -2.24. The normalized spacial score (nSPS) is 10.3. The number of hydrogen-bond donors (Lipinski definition) is 1. The third-order valence-corrected chi connectivity index (χ3v) is 4.70. The maximum absolute atomic E-state index is 12.1. The Labute approximate surface area is 202 Å². The minimum Gasteiger partial charge on any atom is -0.493 e. The summed E-state index contributed by atoms with van der Waals surface area (Å²) < 4.78 is 21.2. The Balaban J connectivity index is 1.56. The van der Waals surface area contributed by atoms with Crippen molar-refractivity contribution >= 4 is 18.1 Å². The van der Waals surface area contributed by atoms with Crippen molar-refractivity contribution in [2.24, 2.45) is 5.10 Å². The van der Waals surface area contributed by atoms with Crippen molar-refractivity contribution in [3.05, 3.63) is 71.8 Å². The van der Waals surface area contributed by atoms with Crippen LogP contribution >= 0.6 is 0 Å². The fraction of sp³-hybridized carbons (Fsp3) is 0.154. The molecule has 0 aliphatic heterocycles. The summed E-state index contributed by atoms with van der Waals surface area (Å²) in [5, 5.41) is 12.8. The Morgan fingerprint density at radius 2 is 1.54 bits per heavy atom. The van der Waals surface area contributed by atoms with Gasteiger partial charge in [-0.2, -0.15) is 10.4 Å². The molecule has 0 saturated carbocycles. The molecule has 0 spiro atoms. The Kier molecular flexibility index (Phi) is 8.40. The van der Waals surface area contributed by atoms with Gasteiger partial charge in [-0.1, -0.05) is 24.3 Å². The lowest BCUT2D eigenvalue weighted by molar-refractivity contribution is -0.132. The highest BCUT2D eigenvalue weighted by molar-refractivity contribution is 5.85. The molecule has 3 aromatic carbocycles. The van der Waals surface area contributed by atoms with Crippen LogP contribution in [0.3, 0.4) is 0 Å². The van der Waals surface area contributed by atoms with Crippen LogP contribution in [-0.4, -0.2) is 38.9 Å². The largest absolute Gasteiger partial charge is 0.493 e. The number of carbonyl (C=O) groups is 2. The van der Waals surface area contributed by atoms with Gasteiger partial charge in [-0.05, 0) is 47.5 Å². The van der Waals surface area contributed by atoms with Crippen molar-refractivity contribution in [3.63, 3.8) is 0 Å². The molecule has 178 valence electrons. The van der Waals surface area contributed by atoms with Gasteiger partial charge >= 0.3 is 5.97 Å². The number of nitrogens with zero attached hydrogens (tertiary/aromatic N) is 2. The van der Waals surface area contributed by atoms with Crippen LogP contribution in [0.2, 0.25) is 0 Å². The van der Waals surface area contributed by atoms with Gasteiger partial charge in [0.15, 0.2) is 18.1 Å². The first-order valence-corrected chi connectivity index (χ1v) is 10.4. The summed E-state index contributed by atoms with van der Waals surface area (Å²) in [5.74, 6) is 0.270. The molecule has 1 amide bonds. The monoisotopic (exact) mass is 473 g/mol. The summed E-state index contributed by atoms with van der Waals surface area (Å²) in [4.78, 5) is 23.4. The molecule has 0 bridgehead atoms. The number of hydrazone groups is 1. The van der Waals surface area contributed by atoms with Crippen LogP contribution in [0.4, 0.5) is 0 Å². The van der Waals surface area contributed by atoms with Crippen molar-refractivity contribution in [2.45, 2.75) is 6.92 Å². The zero-order valence-corrected chi connectivity index (χ0v) is 19.4. The van der Waals surface area contributed by atoms with Crippen molar-refractivity contribution in [1.29, 1.82) is 5.26 Å². The second kappa shape index (κ2) is 11.9. The summed E-state index contributed by atoms with van der Waals surface area (Å²) in [6.45, 7) is 1.04. The number of ether oxygens (including phenoxy) is 4. The molecule has 3 aromatic rings. The van der Waals surface area contributed by atoms with Crippen LogP contribution in [0.15, 0.2) is 65.8 Å². The number of carbonyl (C=O) groups excluding carboxylic acids is 2. The SMILES string of the molecule is COc1cc(/C=N/NC(=O)COc2ccc(-c3ccc(C#N)cc3)cc2)cc(OC)c1OC(C)=O. The highest BCUT2D eigenvalue weighted by Crippen LogP contribution is 2.38. The van der Waals surface area contributed by atoms with Crippen molar-refractivity contribution in [1.82, 2.24) is 5.43 Å². The van der Waals surface area contributed by atoms with Crippen LogP contribution in [0.25, 0.3) is 11.1 Å². The third kappa shape index (κ3) is 6.82. The van der Waals surface area contributed by atoms with Gasteiger partial charge in [0.2, 0.25) is 5.75 Å². The van der Waals surface area contributed by atoms with Gasteiger partial charge in [-0.3, -0.25) is 9.59 Å². The first kappa shape index (κ1) is 24.8. The van der Waals surface area contributed by atoms with Gasteiger partial charge in [0.25, 0.3) is 5.91 Å². The summed E-state index contributed by atoms with van der Waals surface area (Å²) >= 11 is 0. The summed E-state index contributed by atoms with van der Waals surface area (Å²) in [7, 11) is 2.86. The Morgan fingerprint density at radius 1 is 0.971 bits per heavy atom. The maximum Gasteiger partial charge on any atom is 0.308 e. The number of nitriles is 1. The molecular formula is C26H23N3O6.